The molecule has 0 unspecified atom stereocenters. The first-order valence-corrected chi connectivity index (χ1v) is 9.57. The Morgan fingerprint density at radius 2 is 1.81 bits per heavy atom. The summed E-state index contributed by atoms with van der Waals surface area (Å²) in [5.41, 5.74) is 3.59. The molecule has 27 heavy (non-hydrogen) atoms. The maximum atomic E-state index is 12.7. The quantitative estimate of drug-likeness (QED) is 0.582. The average molecular weight is 375 g/mol. The van der Waals surface area contributed by atoms with E-state index in [4.69, 9.17) is 4.74 Å². The number of urea groups is 1. The maximum Gasteiger partial charge on any atom is 0.336 e. The van der Waals surface area contributed by atoms with Gasteiger partial charge in [0.2, 0.25) is 0 Å². The Hall–Kier alpha value is -2.32. The molecule has 2 N–H and O–H groups in total. The lowest BCUT2D eigenvalue weighted by Gasteiger charge is -2.41. The number of ether oxygens (including phenoxy) is 1. The van der Waals surface area contributed by atoms with Gasteiger partial charge >= 0.3 is 12.0 Å². The zero-order valence-electron chi connectivity index (χ0n) is 15.9. The van der Waals surface area contributed by atoms with E-state index in [0.29, 0.717) is 19.1 Å². The van der Waals surface area contributed by atoms with Gasteiger partial charge < -0.3 is 15.0 Å². The molecule has 0 bridgehead atoms. The second kappa shape index (κ2) is 9.57. The minimum atomic E-state index is -0.408. The van der Waals surface area contributed by atoms with Crippen molar-refractivity contribution in [3.63, 3.8) is 0 Å². The van der Waals surface area contributed by atoms with E-state index in [1.54, 1.807) is 0 Å². The lowest BCUT2D eigenvalue weighted by Crippen LogP contribution is -2.58. The summed E-state index contributed by atoms with van der Waals surface area (Å²) in [6.07, 6.45) is 2.35. The van der Waals surface area contributed by atoms with Crippen LogP contribution in [0.4, 0.5) is 10.5 Å². The van der Waals surface area contributed by atoms with E-state index < -0.39 is 5.97 Å². The van der Waals surface area contributed by atoms with E-state index in [9.17, 15) is 9.59 Å². The highest BCUT2D eigenvalue weighted by Crippen LogP contribution is 2.15. The SMILES string of the molecule is COC(=O)CN(NC(=O)N1CCN(C2CCNCC2)CC1)c1ccccc1. The Bertz CT molecular complexity index is 613. The lowest BCUT2D eigenvalue weighted by molar-refractivity contribution is -0.139. The molecule has 148 valence electrons. The van der Waals surface area contributed by atoms with Gasteiger partial charge in [-0.05, 0) is 38.1 Å². The number of para-hydroxylation sites is 1. The van der Waals surface area contributed by atoms with Crippen molar-refractivity contribution in [3.05, 3.63) is 30.3 Å². The number of hydrogen-bond acceptors (Lipinski definition) is 6. The first-order chi connectivity index (χ1) is 13.2. The first-order valence-electron chi connectivity index (χ1n) is 9.57. The molecule has 1 aromatic carbocycles. The summed E-state index contributed by atoms with van der Waals surface area (Å²) < 4.78 is 4.75. The molecule has 0 atom stereocenters. The lowest BCUT2D eigenvalue weighted by atomic mass is 10.0. The van der Waals surface area contributed by atoms with Gasteiger partial charge in [-0.1, -0.05) is 18.2 Å². The summed E-state index contributed by atoms with van der Waals surface area (Å²) in [4.78, 5) is 28.8. The Kier molecular flexibility index (Phi) is 6.89. The smallest absolute Gasteiger partial charge is 0.336 e. The van der Waals surface area contributed by atoms with Crippen LogP contribution in [0.3, 0.4) is 0 Å². The monoisotopic (exact) mass is 375 g/mol. The number of carbonyl (C=O) groups excluding carboxylic acids is 2. The van der Waals surface area contributed by atoms with E-state index in [1.807, 2.05) is 35.2 Å². The number of nitrogens with one attached hydrogen (secondary N) is 2. The van der Waals surface area contributed by atoms with Gasteiger partial charge in [0.1, 0.15) is 6.54 Å². The second-order valence-corrected chi connectivity index (χ2v) is 6.92. The van der Waals surface area contributed by atoms with Crippen LogP contribution in [0, 0.1) is 0 Å². The highest BCUT2D eigenvalue weighted by atomic mass is 16.5. The van der Waals surface area contributed by atoms with Crippen molar-refractivity contribution in [3.8, 4) is 0 Å². The number of hydrogen-bond donors (Lipinski definition) is 2. The molecule has 2 amide bonds. The van der Waals surface area contributed by atoms with Crippen LogP contribution in [0.25, 0.3) is 0 Å². The summed E-state index contributed by atoms with van der Waals surface area (Å²) in [5, 5.41) is 4.93. The van der Waals surface area contributed by atoms with Crippen molar-refractivity contribution in [2.75, 3.05) is 57.9 Å². The third-order valence-corrected chi connectivity index (χ3v) is 5.24. The Balaban J connectivity index is 1.55. The number of piperazine rings is 1. The van der Waals surface area contributed by atoms with Gasteiger partial charge in [0.05, 0.1) is 12.8 Å². The van der Waals surface area contributed by atoms with E-state index in [-0.39, 0.29) is 12.6 Å². The molecule has 0 spiro atoms. The molecule has 8 heteroatoms. The van der Waals surface area contributed by atoms with Crippen LogP contribution in [0.5, 0.6) is 0 Å². The van der Waals surface area contributed by atoms with E-state index >= 15 is 0 Å². The number of benzene rings is 1. The second-order valence-electron chi connectivity index (χ2n) is 6.92. The van der Waals surface area contributed by atoms with Crippen LogP contribution in [0.2, 0.25) is 0 Å². The molecular weight excluding hydrogens is 346 g/mol. The number of anilines is 1. The normalized spacial score (nSPS) is 18.8. The number of carbonyl (C=O) groups is 2. The molecule has 3 rings (SSSR count). The third-order valence-electron chi connectivity index (χ3n) is 5.24. The fraction of sp³-hybridized carbons (Fsp3) is 0.579. The predicted octanol–water partition coefficient (Wildman–Crippen LogP) is 0.660. The highest BCUT2D eigenvalue weighted by Gasteiger charge is 2.28. The van der Waals surface area contributed by atoms with Crippen molar-refractivity contribution in [1.82, 2.24) is 20.5 Å². The first kappa shape index (κ1) is 19.4. The van der Waals surface area contributed by atoms with Crippen molar-refractivity contribution in [2.24, 2.45) is 0 Å². The van der Waals surface area contributed by atoms with Gasteiger partial charge in [-0.2, -0.15) is 0 Å². The number of rotatable bonds is 5. The summed E-state index contributed by atoms with van der Waals surface area (Å²) in [6, 6.07) is 9.75. The molecule has 2 fully saturated rings. The predicted molar refractivity (Wildman–Crippen MR) is 103 cm³/mol. The molecule has 8 nitrogen and oxygen atoms in total. The largest absolute Gasteiger partial charge is 0.468 e. The molecule has 2 aliphatic heterocycles. The molecule has 2 heterocycles. The average Bonchev–Trinajstić information content (AvgIpc) is 2.74. The molecular formula is C19H29N5O3. The number of piperidine rings is 1. The Labute approximate surface area is 160 Å². The van der Waals surface area contributed by atoms with Gasteiger partial charge in [0.25, 0.3) is 0 Å². The maximum absolute atomic E-state index is 12.7. The van der Waals surface area contributed by atoms with Crippen LogP contribution in [-0.4, -0.2) is 80.8 Å². The van der Waals surface area contributed by atoms with Gasteiger partial charge in [-0.15, -0.1) is 0 Å². The van der Waals surface area contributed by atoms with Crippen molar-refractivity contribution in [2.45, 2.75) is 18.9 Å². The topological polar surface area (TPSA) is 77.2 Å². The highest BCUT2D eigenvalue weighted by molar-refractivity contribution is 5.80. The molecule has 2 aliphatic rings. The fourth-order valence-corrected chi connectivity index (χ4v) is 3.65. The fourth-order valence-electron chi connectivity index (χ4n) is 3.65. The molecule has 0 saturated carbocycles. The van der Waals surface area contributed by atoms with Crippen LogP contribution in [0.1, 0.15) is 12.8 Å². The van der Waals surface area contributed by atoms with E-state index in [1.165, 1.54) is 25.0 Å². The summed E-state index contributed by atoms with van der Waals surface area (Å²) in [7, 11) is 1.34. The van der Waals surface area contributed by atoms with Crippen LogP contribution >= 0.6 is 0 Å². The Morgan fingerprint density at radius 1 is 1.15 bits per heavy atom. The van der Waals surface area contributed by atoms with Gasteiger partial charge in [0.15, 0.2) is 0 Å². The molecule has 0 aromatic heterocycles. The van der Waals surface area contributed by atoms with Crippen molar-refractivity contribution < 1.29 is 14.3 Å². The van der Waals surface area contributed by atoms with Gasteiger partial charge in [-0.25, -0.2) is 10.2 Å². The zero-order valence-corrected chi connectivity index (χ0v) is 15.9. The van der Waals surface area contributed by atoms with Crippen molar-refractivity contribution >= 4 is 17.7 Å². The third kappa shape index (κ3) is 5.33. The van der Waals surface area contributed by atoms with E-state index in [2.05, 4.69) is 15.6 Å². The van der Waals surface area contributed by atoms with Crippen LogP contribution in [0.15, 0.2) is 30.3 Å². The van der Waals surface area contributed by atoms with Gasteiger partial charge in [-0.3, -0.25) is 14.7 Å². The zero-order chi connectivity index (χ0) is 19.1. The number of hydrazine groups is 1. The summed E-state index contributed by atoms with van der Waals surface area (Å²) >= 11 is 0. The number of nitrogens with zero attached hydrogens (tertiary/aromatic N) is 3. The van der Waals surface area contributed by atoms with Crippen LogP contribution < -0.4 is 15.8 Å². The molecule has 2 saturated heterocycles. The molecule has 0 radical (unpaired) electrons. The van der Waals surface area contributed by atoms with Crippen LogP contribution in [-0.2, 0) is 9.53 Å². The minimum Gasteiger partial charge on any atom is -0.468 e. The summed E-state index contributed by atoms with van der Waals surface area (Å²) in [5.74, 6) is -0.408. The standard InChI is InChI=1S/C19H29N5O3/c1-27-18(25)15-24(17-5-3-2-4-6-17)21-19(26)23-13-11-22(12-14-23)16-7-9-20-10-8-16/h2-6,16,20H,7-15H2,1H3,(H,21,26). The van der Waals surface area contributed by atoms with Gasteiger partial charge in [0, 0.05) is 32.2 Å². The number of amides is 2. The van der Waals surface area contributed by atoms with Crippen molar-refractivity contribution in [1.29, 1.82) is 0 Å². The number of esters is 1. The molecule has 0 aliphatic carbocycles. The Morgan fingerprint density at radius 3 is 2.44 bits per heavy atom. The number of methoxy groups -OCH3 is 1. The summed E-state index contributed by atoms with van der Waals surface area (Å²) in [6.45, 7) is 5.27. The van der Waals surface area contributed by atoms with E-state index in [0.717, 1.165) is 31.9 Å². The minimum absolute atomic E-state index is 0.0404. The molecule has 1 aromatic rings.